The molecule has 0 bridgehead atoms. The molecule has 4 nitrogen and oxygen atoms in total. The van der Waals surface area contributed by atoms with Crippen LogP contribution in [-0.4, -0.2) is 39.3 Å². The van der Waals surface area contributed by atoms with Crippen LogP contribution in [0.4, 0.5) is 0 Å². The molecule has 1 amide bonds. The highest BCUT2D eigenvalue weighted by Crippen LogP contribution is 2.29. The Morgan fingerprint density at radius 1 is 1.50 bits per heavy atom. The first-order valence-corrected chi connectivity index (χ1v) is 8.08. The van der Waals surface area contributed by atoms with Gasteiger partial charge in [0.15, 0.2) is 0 Å². The molecule has 0 saturated carbocycles. The fourth-order valence-corrected chi connectivity index (χ4v) is 3.68. The van der Waals surface area contributed by atoms with Crippen molar-refractivity contribution in [3.05, 3.63) is 21.3 Å². The highest BCUT2D eigenvalue weighted by atomic mass is 35.5. The summed E-state index contributed by atoms with van der Waals surface area (Å²) < 4.78 is 6.06. The zero-order valence-corrected chi connectivity index (χ0v) is 13.3. The normalized spacial score (nSPS) is 17.9. The van der Waals surface area contributed by atoms with Crippen molar-refractivity contribution in [2.24, 2.45) is 5.41 Å². The Kier molecular flexibility index (Phi) is 5.84. The molecular weight excluding hydrogens is 296 g/mol. The van der Waals surface area contributed by atoms with Gasteiger partial charge < -0.3 is 15.4 Å². The zero-order chi connectivity index (χ0) is 14.4. The molecule has 0 radical (unpaired) electrons. The average molecular weight is 317 g/mol. The molecule has 0 aliphatic carbocycles. The highest BCUT2D eigenvalue weighted by Gasteiger charge is 2.39. The average Bonchev–Trinajstić information content (AvgIpc) is 2.86. The first-order chi connectivity index (χ1) is 9.66. The fourth-order valence-electron chi connectivity index (χ4n) is 2.59. The number of piperidine rings is 1. The van der Waals surface area contributed by atoms with E-state index in [4.69, 9.17) is 16.3 Å². The maximum absolute atomic E-state index is 12.5. The number of carbonyl (C=O) groups excluding carboxylic acids is 1. The van der Waals surface area contributed by atoms with Gasteiger partial charge in [-0.05, 0) is 44.5 Å². The second-order valence-electron chi connectivity index (χ2n) is 5.18. The molecule has 1 saturated heterocycles. The summed E-state index contributed by atoms with van der Waals surface area (Å²) in [7, 11) is 1.66. The van der Waals surface area contributed by atoms with E-state index >= 15 is 0 Å². The Hall–Kier alpha value is -0.620. The number of halogens is 1. The molecule has 2 N–H and O–H groups in total. The van der Waals surface area contributed by atoms with Gasteiger partial charge in [-0.1, -0.05) is 11.6 Å². The number of thiophene rings is 1. The summed E-state index contributed by atoms with van der Waals surface area (Å²) >= 11 is 7.46. The van der Waals surface area contributed by atoms with Gasteiger partial charge in [0.1, 0.15) is 0 Å². The summed E-state index contributed by atoms with van der Waals surface area (Å²) in [5.41, 5.74) is -0.368. The minimum Gasteiger partial charge on any atom is -0.384 e. The third-order valence-electron chi connectivity index (χ3n) is 3.75. The van der Waals surface area contributed by atoms with E-state index in [-0.39, 0.29) is 11.3 Å². The lowest BCUT2D eigenvalue weighted by Gasteiger charge is -2.35. The summed E-state index contributed by atoms with van der Waals surface area (Å²) in [5.74, 6) is 0.114. The third-order valence-corrected chi connectivity index (χ3v) is 5.04. The van der Waals surface area contributed by atoms with E-state index in [9.17, 15) is 4.79 Å². The first kappa shape index (κ1) is 15.8. The maximum Gasteiger partial charge on any atom is 0.228 e. The van der Waals surface area contributed by atoms with Crippen LogP contribution in [0.2, 0.25) is 4.34 Å². The number of methoxy groups -OCH3 is 1. The Morgan fingerprint density at radius 2 is 2.25 bits per heavy atom. The first-order valence-electron chi connectivity index (χ1n) is 6.88. The van der Waals surface area contributed by atoms with E-state index in [0.717, 1.165) is 36.7 Å². The number of carbonyl (C=O) groups is 1. The van der Waals surface area contributed by atoms with E-state index in [1.54, 1.807) is 18.4 Å². The molecule has 0 spiro atoms. The lowest BCUT2D eigenvalue weighted by atomic mass is 9.78. The predicted octanol–water partition coefficient (Wildman–Crippen LogP) is 2.08. The standard InChI is InChI=1S/C14H21ClN2O2S/c1-19-10-14(5-8-16-9-6-14)13(18)17-7-4-11-2-3-12(15)20-11/h2-3,16H,4-10H2,1H3,(H,17,18). The zero-order valence-electron chi connectivity index (χ0n) is 11.7. The van der Waals surface area contributed by atoms with Crippen LogP contribution in [0.3, 0.4) is 0 Å². The molecule has 6 heteroatoms. The number of amides is 1. The molecule has 2 rings (SSSR count). The Balaban J connectivity index is 1.85. The molecule has 2 heterocycles. The van der Waals surface area contributed by atoms with E-state index in [1.165, 1.54) is 4.88 Å². The maximum atomic E-state index is 12.5. The number of ether oxygens (including phenoxy) is 1. The second-order valence-corrected chi connectivity index (χ2v) is 6.97. The smallest absolute Gasteiger partial charge is 0.228 e. The Bertz CT molecular complexity index is 439. The Morgan fingerprint density at radius 3 is 2.85 bits per heavy atom. The van der Waals surface area contributed by atoms with Gasteiger partial charge >= 0.3 is 0 Å². The summed E-state index contributed by atoms with van der Waals surface area (Å²) in [6.45, 7) is 2.88. The second kappa shape index (κ2) is 7.41. The van der Waals surface area contributed by atoms with Crippen molar-refractivity contribution >= 4 is 28.8 Å². The number of hydrogen-bond donors (Lipinski definition) is 2. The van der Waals surface area contributed by atoms with Gasteiger partial charge in [-0.15, -0.1) is 11.3 Å². The fraction of sp³-hybridized carbons (Fsp3) is 0.643. The van der Waals surface area contributed by atoms with Crippen molar-refractivity contribution in [1.29, 1.82) is 0 Å². The highest BCUT2D eigenvalue weighted by molar-refractivity contribution is 7.16. The SMILES string of the molecule is COCC1(C(=O)NCCc2ccc(Cl)s2)CCNCC1. The van der Waals surface area contributed by atoms with Crippen LogP contribution in [0.15, 0.2) is 12.1 Å². The molecular formula is C14H21ClN2O2S. The molecule has 1 fully saturated rings. The monoisotopic (exact) mass is 316 g/mol. The van der Waals surface area contributed by atoms with Gasteiger partial charge in [-0.25, -0.2) is 0 Å². The summed E-state index contributed by atoms with van der Waals surface area (Å²) in [6, 6.07) is 3.90. The van der Waals surface area contributed by atoms with Crippen molar-refractivity contribution in [3.63, 3.8) is 0 Å². The van der Waals surface area contributed by atoms with Gasteiger partial charge in [0.05, 0.1) is 16.4 Å². The molecule has 1 aromatic rings. The van der Waals surface area contributed by atoms with Gasteiger partial charge in [-0.2, -0.15) is 0 Å². The molecule has 0 aromatic carbocycles. The van der Waals surface area contributed by atoms with E-state index in [2.05, 4.69) is 10.6 Å². The molecule has 0 unspecified atom stereocenters. The van der Waals surface area contributed by atoms with Crippen molar-refractivity contribution in [2.75, 3.05) is 33.4 Å². The number of hydrogen-bond acceptors (Lipinski definition) is 4. The summed E-state index contributed by atoms with van der Waals surface area (Å²) in [5, 5.41) is 6.34. The molecule has 20 heavy (non-hydrogen) atoms. The van der Waals surface area contributed by atoms with Crippen molar-refractivity contribution in [2.45, 2.75) is 19.3 Å². The van der Waals surface area contributed by atoms with Gasteiger partial charge in [0, 0.05) is 18.5 Å². The van der Waals surface area contributed by atoms with Crippen LogP contribution in [0.1, 0.15) is 17.7 Å². The van der Waals surface area contributed by atoms with Gasteiger partial charge in [-0.3, -0.25) is 4.79 Å². The minimum atomic E-state index is -0.368. The summed E-state index contributed by atoms with van der Waals surface area (Å²) in [6.07, 6.45) is 2.49. The minimum absolute atomic E-state index is 0.114. The van der Waals surface area contributed by atoms with Gasteiger partial charge in [0.2, 0.25) is 5.91 Å². The lowest BCUT2D eigenvalue weighted by molar-refractivity contribution is -0.136. The number of rotatable bonds is 6. The van der Waals surface area contributed by atoms with Gasteiger partial charge in [0.25, 0.3) is 0 Å². The van der Waals surface area contributed by atoms with Crippen LogP contribution in [0.25, 0.3) is 0 Å². The van der Waals surface area contributed by atoms with Crippen LogP contribution in [0, 0.1) is 5.41 Å². The van der Waals surface area contributed by atoms with E-state index in [1.807, 2.05) is 12.1 Å². The molecule has 112 valence electrons. The lowest BCUT2D eigenvalue weighted by Crippen LogP contribution is -2.50. The van der Waals surface area contributed by atoms with Crippen LogP contribution < -0.4 is 10.6 Å². The van der Waals surface area contributed by atoms with E-state index in [0.29, 0.717) is 13.2 Å². The third kappa shape index (κ3) is 3.95. The van der Waals surface area contributed by atoms with Crippen molar-refractivity contribution in [3.8, 4) is 0 Å². The van der Waals surface area contributed by atoms with Crippen LogP contribution in [-0.2, 0) is 16.0 Å². The van der Waals surface area contributed by atoms with Crippen LogP contribution >= 0.6 is 22.9 Å². The predicted molar refractivity (Wildman–Crippen MR) is 82.5 cm³/mol. The van der Waals surface area contributed by atoms with Crippen molar-refractivity contribution < 1.29 is 9.53 Å². The largest absolute Gasteiger partial charge is 0.384 e. The van der Waals surface area contributed by atoms with E-state index < -0.39 is 0 Å². The quantitative estimate of drug-likeness (QED) is 0.845. The molecule has 0 atom stereocenters. The van der Waals surface area contributed by atoms with Crippen LogP contribution in [0.5, 0.6) is 0 Å². The topological polar surface area (TPSA) is 50.4 Å². The summed E-state index contributed by atoms with van der Waals surface area (Å²) in [4.78, 5) is 13.7. The Labute approximate surface area is 128 Å². The molecule has 1 aromatic heterocycles. The number of nitrogens with one attached hydrogen (secondary N) is 2. The molecule has 1 aliphatic rings. The molecule has 1 aliphatic heterocycles. The van der Waals surface area contributed by atoms with Crippen molar-refractivity contribution in [1.82, 2.24) is 10.6 Å².